The molecule has 36 heteroatoms. The van der Waals surface area contributed by atoms with Crippen molar-refractivity contribution >= 4 is 134 Å². The van der Waals surface area contributed by atoms with Gasteiger partial charge in [-0.2, -0.15) is 30.2 Å². The maximum atomic E-state index is 12.9. The fourth-order valence-corrected chi connectivity index (χ4v) is 19.8. The molecule has 6 heterocycles. The molecule has 674 valence electrons. The van der Waals surface area contributed by atoms with Gasteiger partial charge in [-0.05, 0) is 295 Å². The van der Waals surface area contributed by atoms with E-state index in [2.05, 4.69) is 191 Å². The van der Waals surface area contributed by atoms with Gasteiger partial charge in [0.15, 0.2) is 17.5 Å². The number of halogens is 3. The van der Waals surface area contributed by atoms with Gasteiger partial charge in [0, 0.05) is 63.9 Å². The van der Waals surface area contributed by atoms with Gasteiger partial charge in [0.1, 0.15) is 32.3 Å². The van der Waals surface area contributed by atoms with Crippen LogP contribution in [0.15, 0.2) is 88.7 Å². The highest BCUT2D eigenvalue weighted by atomic mass is 35.5. The number of sulfone groups is 3. The van der Waals surface area contributed by atoms with Crippen LogP contribution in [0.25, 0.3) is 0 Å². The van der Waals surface area contributed by atoms with Crippen LogP contribution in [0.4, 0.5) is 69.4 Å². The van der Waals surface area contributed by atoms with Crippen molar-refractivity contribution in [1.29, 1.82) is 0 Å². The highest BCUT2D eigenvalue weighted by molar-refractivity contribution is 7.92. The summed E-state index contributed by atoms with van der Waals surface area (Å²) >= 11 is 19.3. The average molecular weight is 1820 g/mol. The van der Waals surface area contributed by atoms with Gasteiger partial charge in [-0.3, -0.25) is 14.0 Å². The van der Waals surface area contributed by atoms with Gasteiger partial charge in [-0.25, -0.2) is 40.2 Å². The summed E-state index contributed by atoms with van der Waals surface area (Å²) in [7, 11) is 2.77. The van der Waals surface area contributed by atoms with Crippen LogP contribution in [-0.2, 0) is 50.7 Å². The quantitative estimate of drug-likeness (QED) is 0.0212. The van der Waals surface area contributed by atoms with E-state index in [4.69, 9.17) is 49.0 Å². The van der Waals surface area contributed by atoms with Crippen LogP contribution in [0.5, 0.6) is 17.2 Å². The first kappa shape index (κ1) is 94.5. The number of aromatic nitrogens is 12. The van der Waals surface area contributed by atoms with Crippen LogP contribution in [0, 0.1) is 20.8 Å². The Kier molecular flexibility index (Phi) is 30.6. The van der Waals surface area contributed by atoms with E-state index in [1.807, 2.05) is 13.8 Å². The van der Waals surface area contributed by atoms with Crippen molar-refractivity contribution in [1.82, 2.24) is 74.4 Å². The molecule has 5 aliphatic carbocycles. The third kappa shape index (κ3) is 23.6. The molecule has 0 radical (unpaired) electrons. The molecule has 14 rings (SSSR count). The molecular weight excluding hydrogens is 1700 g/mol. The molecule has 0 spiro atoms. The molecular formula is C88H124Cl3N21O9S3. The largest absolute Gasteiger partial charge is 0.489 e. The van der Waals surface area contributed by atoms with Crippen molar-refractivity contribution in [2.45, 2.75) is 284 Å². The van der Waals surface area contributed by atoms with Crippen LogP contribution < -0.4 is 51.4 Å². The number of hydrogen-bond acceptors (Lipinski definition) is 27. The summed E-state index contributed by atoms with van der Waals surface area (Å²) in [6, 6.07) is 15.2. The minimum Gasteiger partial charge on any atom is -0.489 e. The normalized spacial score (nSPS) is 18.9. The van der Waals surface area contributed by atoms with Crippen molar-refractivity contribution in [2.24, 2.45) is 21.1 Å². The first-order valence-electron chi connectivity index (χ1n) is 43.1. The van der Waals surface area contributed by atoms with Crippen molar-refractivity contribution in [2.75, 3.05) is 60.1 Å². The Balaban J connectivity index is 0.000000170. The first-order chi connectivity index (χ1) is 58.6. The van der Waals surface area contributed by atoms with E-state index in [-0.39, 0.29) is 65.9 Å². The molecule has 30 nitrogen and oxygen atoms in total. The van der Waals surface area contributed by atoms with Crippen LogP contribution in [-0.4, -0.2) is 181 Å². The molecule has 124 heavy (non-hydrogen) atoms. The smallest absolute Gasteiger partial charge is 0.229 e. The van der Waals surface area contributed by atoms with Gasteiger partial charge < -0.3 is 61.2 Å². The Morgan fingerprint density at radius 1 is 0.395 bits per heavy atom. The highest BCUT2D eigenvalue weighted by Gasteiger charge is 2.36. The Morgan fingerprint density at radius 3 is 0.960 bits per heavy atom. The second-order valence-corrected chi connectivity index (χ2v) is 44.0. The molecule has 0 bridgehead atoms. The number of benzene rings is 3. The molecule has 9 aromatic rings. The lowest BCUT2D eigenvalue weighted by Gasteiger charge is -2.33. The second kappa shape index (κ2) is 40.1. The number of nitrogens with one attached hydrogen (secondary N) is 7. The summed E-state index contributed by atoms with van der Waals surface area (Å²) < 4.78 is 101. The van der Waals surface area contributed by atoms with Crippen LogP contribution in [0.3, 0.4) is 0 Å². The Bertz CT molecular complexity index is 5370. The monoisotopic (exact) mass is 1820 g/mol. The SMILES string of the molecule is Cc1cc(Nc2ncc(Cl)c(Nc3cn(C)nc3S(=O)(=O)C(C)C)n2)c(OC(C)C)cc1C1CCC(NC(C)C)CC1.Cc1cc(Nc2ncc(Cl)c(Nc3cn(C)nc3S(=O)(=O)C(C)C)n2)c(OC2CC2)cc1C1CCC(N(C)C)CC1.Cc1cc(Nc2ncc(Cl)c(Nc3cn(C)nc3S(=O)(=O)C(C)C)n2)c(OC2CC2)cc1C1CCC(N(C)C)CC1. The fourth-order valence-electron chi connectivity index (χ4n) is 16.1. The summed E-state index contributed by atoms with van der Waals surface area (Å²) in [5.41, 5.74) is 10.8. The molecule has 0 saturated heterocycles. The second-order valence-electron chi connectivity index (χ2n) is 35.5. The summed E-state index contributed by atoms with van der Waals surface area (Å²) in [6.07, 6.45) is 27.9. The third-order valence-corrected chi connectivity index (χ3v) is 30.4. The molecule has 6 aromatic heterocycles. The van der Waals surface area contributed by atoms with Crippen LogP contribution >= 0.6 is 34.8 Å². The Labute approximate surface area is 746 Å². The summed E-state index contributed by atoms with van der Waals surface area (Å²) in [5.74, 6) is 5.56. The van der Waals surface area contributed by atoms with Gasteiger partial charge >= 0.3 is 0 Å². The third-order valence-electron chi connectivity index (χ3n) is 23.4. The molecule has 5 aliphatic rings. The predicted octanol–water partition coefficient (Wildman–Crippen LogP) is 18.6. The number of aryl methyl sites for hydroxylation is 6. The van der Waals surface area contributed by atoms with Gasteiger partial charge in [0.2, 0.25) is 62.4 Å². The van der Waals surface area contributed by atoms with E-state index in [0.717, 1.165) is 111 Å². The first-order valence-corrected chi connectivity index (χ1v) is 48.9. The zero-order valence-corrected chi connectivity index (χ0v) is 79.8. The van der Waals surface area contributed by atoms with Gasteiger partial charge in [0.25, 0.3) is 0 Å². The minimum atomic E-state index is -3.64. The maximum Gasteiger partial charge on any atom is 0.229 e. The van der Waals surface area contributed by atoms with E-state index in [1.54, 1.807) is 81.3 Å². The topological polar surface area (TPSA) is 352 Å². The number of rotatable bonds is 31. The lowest BCUT2D eigenvalue weighted by molar-refractivity contribution is 0.216. The molecule has 7 N–H and O–H groups in total. The van der Waals surface area contributed by atoms with Crippen molar-refractivity contribution in [3.8, 4) is 17.2 Å². The molecule has 0 amide bonds. The van der Waals surface area contributed by atoms with Gasteiger partial charge in [-0.15, -0.1) is 0 Å². The van der Waals surface area contributed by atoms with Gasteiger partial charge in [-0.1, -0.05) is 48.7 Å². The Hall–Kier alpha value is -8.67. The molecule has 0 unspecified atom stereocenters. The summed E-state index contributed by atoms with van der Waals surface area (Å²) in [5, 5.41) is 34.0. The number of anilines is 12. The maximum absolute atomic E-state index is 12.9. The zero-order valence-electron chi connectivity index (χ0n) is 75.0. The highest BCUT2D eigenvalue weighted by Crippen LogP contribution is 2.47. The molecule has 5 fully saturated rings. The van der Waals surface area contributed by atoms with Gasteiger partial charge in [0.05, 0.1) is 86.8 Å². The zero-order chi connectivity index (χ0) is 89.7. The number of hydrogen-bond donors (Lipinski definition) is 7. The van der Waals surface area contributed by atoms with E-state index < -0.39 is 45.3 Å². The lowest BCUT2D eigenvalue weighted by Crippen LogP contribution is -2.37. The molecule has 3 aromatic carbocycles. The number of nitrogens with zero attached hydrogens (tertiary/aromatic N) is 14. The Morgan fingerprint density at radius 2 is 0.685 bits per heavy atom. The van der Waals surface area contributed by atoms with Crippen molar-refractivity contribution < 1.29 is 39.5 Å². The molecule has 5 saturated carbocycles. The van der Waals surface area contributed by atoms with Crippen molar-refractivity contribution in [3.63, 3.8) is 0 Å². The van der Waals surface area contributed by atoms with E-state index in [9.17, 15) is 25.3 Å². The summed E-state index contributed by atoms with van der Waals surface area (Å²) in [4.78, 5) is 31.6. The van der Waals surface area contributed by atoms with E-state index >= 15 is 0 Å². The number of ether oxygens (including phenoxy) is 3. The minimum absolute atomic E-state index is 0.0256. The predicted molar refractivity (Wildman–Crippen MR) is 495 cm³/mol. The molecule has 0 aliphatic heterocycles. The standard InChI is InChI=1S/C30H44ClN7O3S.2C29H40ClN7O3S/c1-17(2)33-22-11-9-21(10-12-22)23-14-27(41-18(3)4)25(13-20(23)7)35-30-32-15-24(31)28(36-30)34-26-16-38(8)37-29(26)42(39,40)19(5)6;2*1-17(2)41(38,39)28-25(16-37(6)35-28)32-27-23(30)15-31-29(34-27)33-24-13-18(3)22(14-26(24)40-21-11-12-21)19-7-9-20(10-8-19)36(4)5/h13-19,21-22,33H,9-12H2,1-8H3,(H2,32,34,35,36);2*13-17,19-21H,7-12H2,1-6H3,(H2,31,32,33,34). The van der Waals surface area contributed by atoms with Crippen LogP contribution in [0.2, 0.25) is 15.1 Å². The van der Waals surface area contributed by atoms with E-state index in [1.165, 1.54) is 91.7 Å². The van der Waals surface area contributed by atoms with E-state index in [0.29, 0.717) is 76.8 Å². The molecule has 0 atom stereocenters. The van der Waals surface area contributed by atoms with Crippen LogP contribution in [0.1, 0.15) is 223 Å². The van der Waals surface area contributed by atoms with Crippen molar-refractivity contribution in [3.05, 3.63) is 122 Å². The average Bonchev–Trinajstić information content (AvgIpc) is 1.45. The lowest BCUT2D eigenvalue weighted by atomic mass is 9.80. The fraction of sp³-hybridized carbons (Fsp3) is 0.557. The summed E-state index contributed by atoms with van der Waals surface area (Å²) in [6.45, 7) is 24.6.